The molecule has 0 bridgehead atoms. The van der Waals surface area contributed by atoms with Gasteiger partial charge in [-0.3, -0.25) is 4.79 Å². The van der Waals surface area contributed by atoms with Crippen molar-refractivity contribution in [3.8, 4) is 5.75 Å². The molecule has 1 aromatic rings. The minimum Gasteiger partial charge on any atom is -0.467 e. The van der Waals surface area contributed by atoms with E-state index in [4.69, 9.17) is 21.1 Å². The molecule has 0 atom stereocenters. The largest absolute Gasteiger partial charge is 0.467 e. The van der Waals surface area contributed by atoms with Crippen molar-refractivity contribution in [1.29, 1.82) is 0 Å². The van der Waals surface area contributed by atoms with Crippen LogP contribution in [0, 0.1) is 0 Å². The number of nitrogens with one attached hydrogen (secondary N) is 1. The molecule has 16 heavy (non-hydrogen) atoms. The van der Waals surface area contributed by atoms with Gasteiger partial charge in [-0.15, -0.1) is 0 Å². The Hall–Kier alpha value is -1.26. The molecular formula is C11H12ClNO3. The van der Waals surface area contributed by atoms with Gasteiger partial charge in [0.05, 0.1) is 6.61 Å². The van der Waals surface area contributed by atoms with E-state index in [0.717, 1.165) is 16.9 Å². The second-order valence-electron chi connectivity index (χ2n) is 3.57. The molecular weight excluding hydrogens is 230 g/mol. The number of benzene rings is 1. The van der Waals surface area contributed by atoms with Crippen molar-refractivity contribution >= 4 is 17.5 Å². The topological polar surface area (TPSA) is 47.6 Å². The van der Waals surface area contributed by atoms with Gasteiger partial charge in [0.15, 0.2) is 6.79 Å². The van der Waals surface area contributed by atoms with E-state index in [1.807, 2.05) is 6.07 Å². The van der Waals surface area contributed by atoms with Crippen LogP contribution in [-0.2, 0) is 22.7 Å². The van der Waals surface area contributed by atoms with Crippen molar-refractivity contribution in [2.45, 2.75) is 20.1 Å². The van der Waals surface area contributed by atoms with Crippen molar-refractivity contribution in [2.24, 2.45) is 0 Å². The zero-order valence-electron chi connectivity index (χ0n) is 8.88. The number of hydrogen-bond donors (Lipinski definition) is 1. The summed E-state index contributed by atoms with van der Waals surface area (Å²) in [6.07, 6.45) is 0. The fourth-order valence-electron chi connectivity index (χ4n) is 1.61. The number of ether oxygens (including phenoxy) is 2. The van der Waals surface area contributed by atoms with Gasteiger partial charge in [0.2, 0.25) is 5.91 Å². The van der Waals surface area contributed by atoms with Crippen LogP contribution >= 0.6 is 11.6 Å². The van der Waals surface area contributed by atoms with E-state index in [2.05, 4.69) is 5.32 Å². The first-order valence-electron chi connectivity index (χ1n) is 4.93. The summed E-state index contributed by atoms with van der Waals surface area (Å²) in [6, 6.07) is 3.61. The third kappa shape index (κ3) is 2.46. The molecule has 1 heterocycles. The molecule has 0 unspecified atom stereocenters. The van der Waals surface area contributed by atoms with E-state index in [9.17, 15) is 4.79 Å². The SMILES string of the molecule is CC(=O)NCc1cc(Cl)cc2c1OCOC2. The summed E-state index contributed by atoms with van der Waals surface area (Å²) in [6.45, 7) is 2.61. The maximum absolute atomic E-state index is 10.9. The van der Waals surface area contributed by atoms with Crippen LogP contribution in [0.5, 0.6) is 5.75 Å². The number of hydrogen-bond acceptors (Lipinski definition) is 3. The summed E-state index contributed by atoms with van der Waals surface area (Å²) < 4.78 is 10.6. The second-order valence-corrected chi connectivity index (χ2v) is 4.01. The van der Waals surface area contributed by atoms with Crippen molar-refractivity contribution in [3.05, 3.63) is 28.3 Å². The van der Waals surface area contributed by atoms with Crippen LogP contribution in [0.1, 0.15) is 18.1 Å². The van der Waals surface area contributed by atoms with Gasteiger partial charge < -0.3 is 14.8 Å². The molecule has 0 saturated carbocycles. The Balaban J connectivity index is 2.28. The van der Waals surface area contributed by atoms with E-state index in [0.29, 0.717) is 18.2 Å². The molecule has 1 aromatic carbocycles. The molecule has 0 aromatic heterocycles. The minimum atomic E-state index is -0.0826. The lowest BCUT2D eigenvalue weighted by Crippen LogP contribution is -2.21. The predicted octanol–water partition coefficient (Wildman–Crippen LogP) is 1.84. The molecule has 5 heteroatoms. The summed E-state index contributed by atoms with van der Waals surface area (Å²) >= 11 is 5.97. The fourth-order valence-corrected chi connectivity index (χ4v) is 1.87. The van der Waals surface area contributed by atoms with E-state index in [1.165, 1.54) is 6.92 Å². The van der Waals surface area contributed by atoms with Gasteiger partial charge in [0.25, 0.3) is 0 Å². The predicted molar refractivity (Wildman–Crippen MR) is 59.3 cm³/mol. The fraction of sp³-hybridized carbons (Fsp3) is 0.364. The second kappa shape index (κ2) is 4.72. The number of halogens is 1. The monoisotopic (exact) mass is 241 g/mol. The van der Waals surface area contributed by atoms with Crippen LogP contribution in [0.3, 0.4) is 0 Å². The Bertz CT molecular complexity index is 420. The first-order chi connectivity index (χ1) is 7.66. The quantitative estimate of drug-likeness (QED) is 0.860. The summed E-state index contributed by atoms with van der Waals surface area (Å²) in [7, 11) is 0. The average molecular weight is 242 g/mol. The van der Waals surface area contributed by atoms with Crippen LogP contribution in [0.2, 0.25) is 5.02 Å². The first-order valence-corrected chi connectivity index (χ1v) is 5.31. The number of amides is 1. The van der Waals surface area contributed by atoms with Gasteiger partial charge in [-0.1, -0.05) is 11.6 Å². The number of fused-ring (bicyclic) bond motifs is 1. The standard InChI is InChI=1S/C11H12ClNO3/c1-7(14)13-4-8-2-10(12)3-9-5-15-6-16-11(8)9/h2-3H,4-6H2,1H3,(H,13,14). The minimum absolute atomic E-state index is 0.0826. The molecule has 1 N–H and O–H groups in total. The summed E-state index contributed by atoms with van der Waals surface area (Å²) in [5.74, 6) is 0.685. The Morgan fingerprint density at radius 3 is 3.12 bits per heavy atom. The highest BCUT2D eigenvalue weighted by Crippen LogP contribution is 2.31. The molecule has 0 saturated heterocycles. The lowest BCUT2D eigenvalue weighted by atomic mass is 10.1. The van der Waals surface area contributed by atoms with Gasteiger partial charge in [0.1, 0.15) is 5.75 Å². The van der Waals surface area contributed by atoms with E-state index in [-0.39, 0.29) is 12.7 Å². The molecule has 0 aliphatic carbocycles. The van der Waals surface area contributed by atoms with Gasteiger partial charge in [-0.25, -0.2) is 0 Å². The highest BCUT2D eigenvalue weighted by Gasteiger charge is 2.16. The zero-order chi connectivity index (χ0) is 11.5. The number of carbonyl (C=O) groups excluding carboxylic acids is 1. The van der Waals surface area contributed by atoms with Crippen molar-refractivity contribution < 1.29 is 14.3 Å². The summed E-state index contributed by atoms with van der Waals surface area (Å²) in [4.78, 5) is 10.9. The van der Waals surface area contributed by atoms with Gasteiger partial charge >= 0.3 is 0 Å². The smallest absolute Gasteiger partial charge is 0.217 e. The van der Waals surface area contributed by atoms with Crippen LogP contribution < -0.4 is 10.1 Å². The molecule has 4 nitrogen and oxygen atoms in total. The first kappa shape index (κ1) is 11.2. The molecule has 0 radical (unpaired) electrons. The van der Waals surface area contributed by atoms with Crippen molar-refractivity contribution in [3.63, 3.8) is 0 Å². The van der Waals surface area contributed by atoms with Crippen LogP contribution in [0.15, 0.2) is 12.1 Å². The van der Waals surface area contributed by atoms with Crippen LogP contribution in [0.25, 0.3) is 0 Å². The molecule has 2 rings (SSSR count). The summed E-state index contributed by atoms with van der Waals surface area (Å²) in [5, 5.41) is 3.34. The maximum Gasteiger partial charge on any atom is 0.217 e. The average Bonchev–Trinajstić information content (AvgIpc) is 2.25. The van der Waals surface area contributed by atoms with Crippen molar-refractivity contribution in [2.75, 3.05) is 6.79 Å². The molecule has 1 amide bonds. The molecule has 1 aliphatic heterocycles. The van der Waals surface area contributed by atoms with E-state index < -0.39 is 0 Å². The third-order valence-electron chi connectivity index (χ3n) is 2.28. The number of carbonyl (C=O) groups is 1. The maximum atomic E-state index is 10.9. The van der Waals surface area contributed by atoms with Gasteiger partial charge in [-0.2, -0.15) is 0 Å². The van der Waals surface area contributed by atoms with E-state index in [1.54, 1.807) is 6.07 Å². The number of rotatable bonds is 2. The lowest BCUT2D eigenvalue weighted by molar-refractivity contribution is -0.119. The Morgan fingerprint density at radius 2 is 2.38 bits per heavy atom. The summed E-state index contributed by atoms with van der Waals surface area (Å²) in [5.41, 5.74) is 1.79. The third-order valence-corrected chi connectivity index (χ3v) is 2.50. The van der Waals surface area contributed by atoms with Crippen LogP contribution in [0.4, 0.5) is 0 Å². The highest BCUT2D eigenvalue weighted by atomic mass is 35.5. The highest BCUT2D eigenvalue weighted by molar-refractivity contribution is 6.30. The Morgan fingerprint density at radius 1 is 1.56 bits per heavy atom. The molecule has 0 spiro atoms. The normalized spacial score (nSPS) is 13.9. The Kier molecular flexibility index (Phi) is 3.31. The van der Waals surface area contributed by atoms with Gasteiger partial charge in [-0.05, 0) is 12.1 Å². The zero-order valence-corrected chi connectivity index (χ0v) is 9.63. The Labute approximate surface area is 98.5 Å². The van der Waals surface area contributed by atoms with Gasteiger partial charge in [0, 0.05) is 29.6 Å². The van der Waals surface area contributed by atoms with E-state index >= 15 is 0 Å². The molecule has 86 valence electrons. The lowest BCUT2D eigenvalue weighted by Gasteiger charge is -2.21. The molecule has 0 fully saturated rings. The molecule has 1 aliphatic rings. The van der Waals surface area contributed by atoms with Crippen LogP contribution in [-0.4, -0.2) is 12.7 Å². The van der Waals surface area contributed by atoms with Crippen molar-refractivity contribution in [1.82, 2.24) is 5.32 Å².